The number of hydrogen-bond acceptors (Lipinski definition) is 3. The fourth-order valence-electron chi connectivity index (χ4n) is 2.89. The van der Waals surface area contributed by atoms with Gasteiger partial charge >= 0.3 is 5.97 Å². The Labute approximate surface area is 148 Å². The summed E-state index contributed by atoms with van der Waals surface area (Å²) in [5.74, 6) is 1.10. The number of rotatable bonds is 5. The van der Waals surface area contributed by atoms with E-state index >= 15 is 0 Å². The topological polar surface area (TPSA) is 66.4 Å². The molecule has 0 saturated carbocycles. The van der Waals surface area contributed by atoms with Crippen LogP contribution in [0.5, 0.6) is 0 Å². The highest BCUT2D eigenvalue weighted by molar-refractivity contribution is 7.99. The maximum Gasteiger partial charge on any atom is 0.305 e. The molecule has 1 atom stereocenters. The van der Waals surface area contributed by atoms with Gasteiger partial charge in [0.2, 0.25) is 5.91 Å². The smallest absolute Gasteiger partial charge is 0.305 e. The van der Waals surface area contributed by atoms with Crippen LogP contribution in [0.1, 0.15) is 57.2 Å². The Morgan fingerprint density at radius 3 is 2.29 bits per heavy atom. The Morgan fingerprint density at radius 1 is 1.21 bits per heavy atom. The molecule has 1 aromatic rings. The number of carbonyl (C=O) groups is 2. The van der Waals surface area contributed by atoms with Crippen LogP contribution in [0.4, 0.5) is 0 Å². The lowest BCUT2D eigenvalue weighted by Crippen LogP contribution is -2.36. The largest absolute Gasteiger partial charge is 0.481 e. The molecule has 0 spiro atoms. The van der Waals surface area contributed by atoms with Crippen LogP contribution >= 0.6 is 11.8 Å². The van der Waals surface area contributed by atoms with Crippen LogP contribution in [0.2, 0.25) is 0 Å². The zero-order valence-electron chi connectivity index (χ0n) is 14.7. The molecule has 1 unspecified atom stereocenters. The SMILES string of the molecule is CC(C)(C)c1ccc(C(CC(=O)O)NC(=O)C2CCSCC2)cc1. The van der Waals surface area contributed by atoms with E-state index in [1.165, 1.54) is 5.56 Å². The molecule has 5 heteroatoms. The Bertz CT molecular complexity index is 571. The molecule has 1 saturated heterocycles. The molecule has 1 aromatic carbocycles. The third kappa shape index (κ3) is 5.26. The van der Waals surface area contributed by atoms with E-state index < -0.39 is 12.0 Å². The average Bonchev–Trinajstić information content (AvgIpc) is 2.54. The summed E-state index contributed by atoms with van der Waals surface area (Å²) in [5.41, 5.74) is 2.09. The van der Waals surface area contributed by atoms with E-state index in [2.05, 4.69) is 26.1 Å². The Balaban J connectivity index is 2.12. The molecule has 1 fully saturated rings. The highest BCUT2D eigenvalue weighted by Crippen LogP contribution is 2.27. The van der Waals surface area contributed by atoms with Gasteiger partial charge in [-0.05, 0) is 40.9 Å². The van der Waals surface area contributed by atoms with E-state index in [0.717, 1.165) is 29.9 Å². The number of carboxylic acid groups (broad SMARTS) is 1. The molecule has 0 radical (unpaired) electrons. The van der Waals surface area contributed by atoms with Gasteiger partial charge in [-0.3, -0.25) is 9.59 Å². The quantitative estimate of drug-likeness (QED) is 0.849. The van der Waals surface area contributed by atoms with Crippen LogP contribution in [0, 0.1) is 5.92 Å². The first-order chi connectivity index (χ1) is 11.3. The number of benzene rings is 1. The lowest BCUT2D eigenvalue weighted by atomic mass is 9.86. The Hall–Kier alpha value is -1.49. The summed E-state index contributed by atoms with van der Waals surface area (Å²) in [4.78, 5) is 23.7. The lowest BCUT2D eigenvalue weighted by Gasteiger charge is -2.25. The monoisotopic (exact) mass is 349 g/mol. The number of hydrogen-bond donors (Lipinski definition) is 2. The standard InChI is InChI=1S/C19H27NO3S/c1-19(2,3)15-6-4-13(5-7-15)16(12-17(21)22)20-18(23)14-8-10-24-11-9-14/h4-7,14,16H,8-12H2,1-3H3,(H,20,23)(H,21,22). The van der Waals surface area contributed by atoms with Crippen molar-refractivity contribution in [3.05, 3.63) is 35.4 Å². The second-order valence-electron chi connectivity index (χ2n) is 7.42. The number of aliphatic carboxylic acids is 1. The van der Waals surface area contributed by atoms with E-state index in [0.29, 0.717) is 0 Å². The first-order valence-corrected chi connectivity index (χ1v) is 9.63. The number of amides is 1. The van der Waals surface area contributed by atoms with Crippen LogP contribution in [0.25, 0.3) is 0 Å². The van der Waals surface area contributed by atoms with Crippen molar-refractivity contribution < 1.29 is 14.7 Å². The molecule has 132 valence electrons. The van der Waals surface area contributed by atoms with Crippen molar-refractivity contribution in [2.45, 2.75) is 51.5 Å². The van der Waals surface area contributed by atoms with Gasteiger partial charge in [0.1, 0.15) is 0 Å². The number of carboxylic acids is 1. The van der Waals surface area contributed by atoms with Gasteiger partial charge in [-0.2, -0.15) is 11.8 Å². The molecule has 0 aromatic heterocycles. The van der Waals surface area contributed by atoms with Crippen molar-refractivity contribution in [3.63, 3.8) is 0 Å². The van der Waals surface area contributed by atoms with Crippen molar-refractivity contribution in [1.82, 2.24) is 5.32 Å². The molecular formula is C19H27NO3S. The van der Waals surface area contributed by atoms with E-state index in [1.54, 1.807) is 0 Å². The van der Waals surface area contributed by atoms with Crippen LogP contribution < -0.4 is 5.32 Å². The molecule has 4 nitrogen and oxygen atoms in total. The van der Waals surface area contributed by atoms with Crippen LogP contribution in [0.15, 0.2) is 24.3 Å². The molecule has 2 rings (SSSR count). The fraction of sp³-hybridized carbons (Fsp3) is 0.579. The van der Waals surface area contributed by atoms with Gasteiger partial charge in [0.05, 0.1) is 12.5 Å². The van der Waals surface area contributed by atoms with E-state index in [9.17, 15) is 14.7 Å². The lowest BCUT2D eigenvalue weighted by molar-refractivity contribution is -0.138. The summed E-state index contributed by atoms with van der Waals surface area (Å²) in [6, 6.07) is 7.44. The van der Waals surface area contributed by atoms with Gasteiger partial charge in [0, 0.05) is 5.92 Å². The maximum atomic E-state index is 12.5. The predicted molar refractivity (Wildman–Crippen MR) is 98.3 cm³/mol. The minimum absolute atomic E-state index is 0.0105. The summed E-state index contributed by atoms with van der Waals surface area (Å²) in [6.45, 7) is 6.42. The molecule has 1 aliphatic rings. The van der Waals surface area contributed by atoms with Crippen molar-refractivity contribution in [2.75, 3.05) is 11.5 Å². The van der Waals surface area contributed by atoms with Crippen LogP contribution in [0.3, 0.4) is 0 Å². The maximum absolute atomic E-state index is 12.5. The van der Waals surface area contributed by atoms with E-state index in [1.807, 2.05) is 36.0 Å². The van der Waals surface area contributed by atoms with Crippen molar-refractivity contribution in [3.8, 4) is 0 Å². The number of nitrogens with one attached hydrogen (secondary N) is 1. The minimum atomic E-state index is -0.903. The van der Waals surface area contributed by atoms with E-state index in [4.69, 9.17) is 0 Å². The van der Waals surface area contributed by atoms with Gasteiger partial charge < -0.3 is 10.4 Å². The van der Waals surface area contributed by atoms with Crippen molar-refractivity contribution in [1.29, 1.82) is 0 Å². The predicted octanol–water partition coefficient (Wildman–Crippen LogP) is 3.76. The van der Waals surface area contributed by atoms with Gasteiger partial charge in [-0.25, -0.2) is 0 Å². The van der Waals surface area contributed by atoms with Crippen LogP contribution in [-0.4, -0.2) is 28.5 Å². The highest BCUT2D eigenvalue weighted by atomic mass is 32.2. The highest BCUT2D eigenvalue weighted by Gasteiger charge is 2.25. The molecule has 0 aliphatic carbocycles. The van der Waals surface area contributed by atoms with Gasteiger partial charge in [0.15, 0.2) is 0 Å². The third-order valence-corrected chi connectivity index (χ3v) is 5.52. The molecular weight excluding hydrogens is 322 g/mol. The van der Waals surface area contributed by atoms with Gasteiger partial charge in [-0.1, -0.05) is 45.0 Å². The molecule has 1 heterocycles. The molecule has 1 amide bonds. The minimum Gasteiger partial charge on any atom is -0.481 e. The van der Waals surface area contributed by atoms with E-state index in [-0.39, 0.29) is 23.7 Å². The molecule has 1 aliphatic heterocycles. The fourth-order valence-corrected chi connectivity index (χ4v) is 4.00. The van der Waals surface area contributed by atoms with Crippen molar-refractivity contribution in [2.24, 2.45) is 5.92 Å². The summed E-state index contributed by atoms with van der Waals surface area (Å²) in [6.07, 6.45) is 1.65. The number of carbonyl (C=O) groups excluding carboxylic acids is 1. The Morgan fingerprint density at radius 2 is 1.79 bits per heavy atom. The van der Waals surface area contributed by atoms with Gasteiger partial charge in [0.25, 0.3) is 0 Å². The average molecular weight is 349 g/mol. The second-order valence-corrected chi connectivity index (χ2v) is 8.64. The van der Waals surface area contributed by atoms with Crippen LogP contribution in [-0.2, 0) is 15.0 Å². The normalized spacial score (nSPS) is 17.3. The zero-order valence-corrected chi connectivity index (χ0v) is 15.5. The number of thioether (sulfide) groups is 1. The summed E-state index contributed by atoms with van der Waals surface area (Å²) in [7, 11) is 0. The first-order valence-electron chi connectivity index (χ1n) is 8.47. The summed E-state index contributed by atoms with van der Waals surface area (Å²) in [5, 5.41) is 12.2. The summed E-state index contributed by atoms with van der Waals surface area (Å²) >= 11 is 1.87. The molecule has 2 N–H and O–H groups in total. The first kappa shape index (κ1) is 18.8. The third-order valence-electron chi connectivity index (χ3n) is 4.47. The van der Waals surface area contributed by atoms with Gasteiger partial charge in [-0.15, -0.1) is 0 Å². The molecule has 24 heavy (non-hydrogen) atoms. The van der Waals surface area contributed by atoms with Crippen molar-refractivity contribution >= 4 is 23.6 Å². The Kier molecular flexibility index (Phi) is 6.33. The zero-order chi connectivity index (χ0) is 17.7. The summed E-state index contributed by atoms with van der Waals surface area (Å²) < 4.78 is 0. The molecule has 0 bridgehead atoms. The second kappa shape index (κ2) is 8.06.